The van der Waals surface area contributed by atoms with Crippen molar-refractivity contribution in [1.82, 2.24) is 15.5 Å². The van der Waals surface area contributed by atoms with Gasteiger partial charge in [-0.1, -0.05) is 36.4 Å². The lowest BCUT2D eigenvalue weighted by molar-refractivity contribution is 0.0656. The highest BCUT2D eigenvalue weighted by atomic mass is 16.3. The van der Waals surface area contributed by atoms with Crippen LogP contribution in [-0.2, 0) is 13.2 Å². The molecule has 0 aliphatic carbocycles. The van der Waals surface area contributed by atoms with Crippen molar-refractivity contribution in [3.05, 3.63) is 70.8 Å². The predicted octanol–water partition coefficient (Wildman–Crippen LogP) is 1.27. The van der Waals surface area contributed by atoms with Crippen LogP contribution in [0, 0.1) is 0 Å². The molecule has 0 radical (unpaired) electrons. The van der Waals surface area contributed by atoms with Gasteiger partial charge in [0.05, 0.1) is 17.7 Å². The molecular formula is C19H19N3O4. The fourth-order valence-corrected chi connectivity index (χ4v) is 2.73. The van der Waals surface area contributed by atoms with E-state index in [4.69, 9.17) is 5.11 Å². The van der Waals surface area contributed by atoms with Crippen LogP contribution in [0.1, 0.15) is 31.8 Å². The Morgan fingerprint density at radius 1 is 0.885 bits per heavy atom. The minimum absolute atomic E-state index is 0.0218. The number of benzene rings is 2. The summed E-state index contributed by atoms with van der Waals surface area (Å²) in [6, 6.07) is 13.5. The van der Waals surface area contributed by atoms with Gasteiger partial charge in [0.15, 0.2) is 0 Å². The predicted molar refractivity (Wildman–Crippen MR) is 94.4 cm³/mol. The Morgan fingerprint density at radius 2 is 1.46 bits per heavy atom. The van der Waals surface area contributed by atoms with E-state index in [0.717, 1.165) is 16.0 Å². The maximum absolute atomic E-state index is 12.2. The molecule has 1 aliphatic rings. The summed E-state index contributed by atoms with van der Waals surface area (Å²) in [4.78, 5) is 37.4. The van der Waals surface area contributed by atoms with E-state index in [-0.39, 0.29) is 37.5 Å². The fraction of sp³-hybridized carbons (Fsp3) is 0.211. The third kappa shape index (κ3) is 3.73. The topological polar surface area (TPSA) is 98.7 Å². The molecule has 2 aromatic carbocycles. The number of carbonyl (C=O) groups is 3. The SMILES string of the molecule is O=C(NCCN1C(=O)c2ccccc2C1=O)NCc1ccc(CO)cc1. The molecule has 0 saturated carbocycles. The Labute approximate surface area is 150 Å². The average Bonchev–Trinajstić information content (AvgIpc) is 2.92. The quantitative estimate of drug-likeness (QED) is 0.681. The molecule has 0 unspecified atom stereocenters. The van der Waals surface area contributed by atoms with Gasteiger partial charge in [-0.15, -0.1) is 0 Å². The van der Waals surface area contributed by atoms with Gasteiger partial charge in [-0.25, -0.2) is 4.79 Å². The van der Waals surface area contributed by atoms with Crippen LogP contribution >= 0.6 is 0 Å². The van der Waals surface area contributed by atoms with Crippen LogP contribution in [-0.4, -0.2) is 40.9 Å². The Morgan fingerprint density at radius 3 is 2.04 bits per heavy atom. The van der Waals surface area contributed by atoms with Gasteiger partial charge < -0.3 is 15.7 Å². The molecular weight excluding hydrogens is 334 g/mol. The molecule has 0 spiro atoms. The molecule has 134 valence electrons. The standard InChI is InChI=1S/C19H19N3O4/c23-12-14-7-5-13(6-8-14)11-21-19(26)20-9-10-22-17(24)15-3-1-2-4-16(15)18(22)25/h1-8,23H,9-12H2,(H2,20,21,26). The van der Waals surface area contributed by atoms with Gasteiger partial charge in [0.1, 0.15) is 0 Å². The fourth-order valence-electron chi connectivity index (χ4n) is 2.73. The van der Waals surface area contributed by atoms with Crippen LogP contribution < -0.4 is 10.6 Å². The van der Waals surface area contributed by atoms with Crippen molar-refractivity contribution in [1.29, 1.82) is 0 Å². The Balaban J connectivity index is 1.44. The molecule has 0 atom stereocenters. The second-order valence-electron chi connectivity index (χ2n) is 5.89. The zero-order valence-electron chi connectivity index (χ0n) is 14.1. The van der Waals surface area contributed by atoms with Crippen LogP contribution in [0.3, 0.4) is 0 Å². The minimum atomic E-state index is -0.382. The number of hydrogen-bond acceptors (Lipinski definition) is 4. The Hall–Kier alpha value is -3.19. The van der Waals surface area contributed by atoms with Gasteiger partial charge in [0, 0.05) is 19.6 Å². The molecule has 4 amide bonds. The summed E-state index contributed by atoms with van der Waals surface area (Å²) < 4.78 is 0. The molecule has 3 N–H and O–H groups in total. The zero-order chi connectivity index (χ0) is 18.5. The number of hydrogen-bond donors (Lipinski definition) is 3. The highest BCUT2D eigenvalue weighted by Crippen LogP contribution is 2.21. The first-order chi connectivity index (χ1) is 12.6. The first kappa shape index (κ1) is 17.6. The lowest BCUT2D eigenvalue weighted by atomic mass is 10.1. The summed E-state index contributed by atoms with van der Waals surface area (Å²) >= 11 is 0. The first-order valence-electron chi connectivity index (χ1n) is 8.25. The average molecular weight is 353 g/mol. The Kier molecular flexibility index (Phi) is 5.28. The molecule has 0 saturated heterocycles. The van der Waals surface area contributed by atoms with Gasteiger partial charge in [-0.3, -0.25) is 14.5 Å². The van der Waals surface area contributed by atoms with Gasteiger partial charge in [0.25, 0.3) is 11.8 Å². The van der Waals surface area contributed by atoms with Crippen LogP contribution in [0.4, 0.5) is 4.79 Å². The normalized spacial score (nSPS) is 12.9. The molecule has 2 aromatic rings. The van der Waals surface area contributed by atoms with E-state index in [1.54, 1.807) is 36.4 Å². The van der Waals surface area contributed by atoms with E-state index < -0.39 is 0 Å². The molecule has 26 heavy (non-hydrogen) atoms. The van der Waals surface area contributed by atoms with E-state index in [1.807, 2.05) is 12.1 Å². The molecule has 7 nitrogen and oxygen atoms in total. The number of aliphatic hydroxyl groups is 1. The van der Waals surface area contributed by atoms with E-state index in [9.17, 15) is 14.4 Å². The van der Waals surface area contributed by atoms with Crippen molar-refractivity contribution in [3.63, 3.8) is 0 Å². The summed E-state index contributed by atoms with van der Waals surface area (Å²) in [5.41, 5.74) is 2.50. The highest BCUT2D eigenvalue weighted by Gasteiger charge is 2.34. The maximum atomic E-state index is 12.2. The third-order valence-electron chi connectivity index (χ3n) is 4.16. The van der Waals surface area contributed by atoms with Crippen LogP contribution in [0.2, 0.25) is 0 Å². The van der Waals surface area contributed by atoms with E-state index in [2.05, 4.69) is 10.6 Å². The molecule has 3 rings (SSSR count). The number of urea groups is 1. The third-order valence-corrected chi connectivity index (χ3v) is 4.16. The summed E-state index contributed by atoms with van der Waals surface area (Å²) in [5.74, 6) is -0.673. The molecule has 0 aromatic heterocycles. The van der Waals surface area contributed by atoms with Crippen molar-refractivity contribution in [2.24, 2.45) is 0 Å². The van der Waals surface area contributed by atoms with Crippen molar-refractivity contribution in [2.75, 3.05) is 13.1 Å². The highest BCUT2D eigenvalue weighted by molar-refractivity contribution is 6.21. The van der Waals surface area contributed by atoms with Crippen LogP contribution in [0.5, 0.6) is 0 Å². The number of fused-ring (bicyclic) bond motifs is 1. The van der Waals surface area contributed by atoms with Crippen molar-refractivity contribution < 1.29 is 19.5 Å². The van der Waals surface area contributed by atoms with Crippen LogP contribution in [0.15, 0.2) is 48.5 Å². The van der Waals surface area contributed by atoms with Crippen molar-refractivity contribution >= 4 is 17.8 Å². The lowest BCUT2D eigenvalue weighted by Crippen LogP contribution is -2.41. The van der Waals surface area contributed by atoms with E-state index >= 15 is 0 Å². The van der Waals surface area contributed by atoms with E-state index in [0.29, 0.717) is 17.7 Å². The first-order valence-corrected chi connectivity index (χ1v) is 8.25. The van der Waals surface area contributed by atoms with Crippen molar-refractivity contribution in [2.45, 2.75) is 13.2 Å². The second-order valence-corrected chi connectivity index (χ2v) is 5.89. The Bertz CT molecular complexity index is 798. The van der Waals surface area contributed by atoms with E-state index in [1.165, 1.54) is 0 Å². The summed E-state index contributed by atoms with van der Waals surface area (Å²) in [6.45, 7) is 0.599. The number of imide groups is 1. The van der Waals surface area contributed by atoms with Gasteiger partial charge in [0.2, 0.25) is 0 Å². The van der Waals surface area contributed by atoms with Gasteiger partial charge in [-0.2, -0.15) is 0 Å². The minimum Gasteiger partial charge on any atom is -0.392 e. The second kappa shape index (κ2) is 7.79. The number of carbonyl (C=O) groups excluding carboxylic acids is 3. The maximum Gasteiger partial charge on any atom is 0.315 e. The molecule has 1 heterocycles. The monoisotopic (exact) mass is 353 g/mol. The molecule has 0 bridgehead atoms. The van der Waals surface area contributed by atoms with Gasteiger partial charge >= 0.3 is 6.03 Å². The molecule has 0 fully saturated rings. The van der Waals surface area contributed by atoms with Crippen LogP contribution in [0.25, 0.3) is 0 Å². The number of rotatable bonds is 6. The number of nitrogens with one attached hydrogen (secondary N) is 2. The smallest absolute Gasteiger partial charge is 0.315 e. The summed E-state index contributed by atoms with van der Waals surface area (Å²) in [6.07, 6.45) is 0. The number of nitrogens with zero attached hydrogens (tertiary/aromatic N) is 1. The number of amides is 4. The number of aliphatic hydroxyl groups excluding tert-OH is 1. The van der Waals surface area contributed by atoms with Gasteiger partial charge in [-0.05, 0) is 23.3 Å². The molecule has 7 heteroatoms. The molecule has 1 aliphatic heterocycles. The summed E-state index contributed by atoms with van der Waals surface area (Å²) in [7, 11) is 0. The largest absolute Gasteiger partial charge is 0.392 e. The summed E-state index contributed by atoms with van der Waals surface area (Å²) in [5, 5.41) is 14.3. The van der Waals surface area contributed by atoms with Crippen molar-refractivity contribution in [3.8, 4) is 0 Å². The zero-order valence-corrected chi connectivity index (χ0v) is 14.1. The lowest BCUT2D eigenvalue weighted by Gasteiger charge is -2.14.